The molecule has 2 aromatic carbocycles. The van der Waals surface area contributed by atoms with Crippen LogP contribution in [0.25, 0.3) is 10.9 Å². The second kappa shape index (κ2) is 7.91. The number of fused-ring (bicyclic) bond motifs is 1. The number of alkyl halides is 3. The van der Waals surface area contributed by atoms with Crippen LogP contribution < -0.4 is 10.1 Å². The average molecular weight is 441 g/mol. The zero-order valence-corrected chi connectivity index (χ0v) is 16.6. The summed E-state index contributed by atoms with van der Waals surface area (Å²) in [6, 6.07) is 7.24. The molecule has 0 atom stereocenters. The number of likely N-dealkylation sites (N-methyl/N-ethyl adjacent to an activating group) is 1. The van der Waals surface area contributed by atoms with Crippen molar-refractivity contribution in [2.75, 3.05) is 7.05 Å². The smallest absolute Gasteiger partial charge is 0.506 e. The Morgan fingerprint density at radius 1 is 1.20 bits per heavy atom. The molecule has 0 saturated carbocycles. The van der Waals surface area contributed by atoms with Crippen LogP contribution in [0, 0.1) is 6.92 Å². The van der Waals surface area contributed by atoms with Gasteiger partial charge in [0.15, 0.2) is 0 Å². The molecule has 158 valence electrons. The highest BCUT2D eigenvalue weighted by Crippen LogP contribution is 2.35. The Balaban J connectivity index is 2.10. The van der Waals surface area contributed by atoms with Crippen molar-refractivity contribution in [2.45, 2.75) is 19.7 Å². The zero-order valence-electron chi connectivity index (χ0n) is 15.8. The molecule has 0 bridgehead atoms. The number of nitrogens with one attached hydrogen (secondary N) is 1. The van der Waals surface area contributed by atoms with Gasteiger partial charge < -0.3 is 15.2 Å². The quantitative estimate of drug-likeness (QED) is 0.637. The fourth-order valence-electron chi connectivity index (χ4n) is 3.15. The van der Waals surface area contributed by atoms with E-state index in [1.807, 2.05) is 0 Å². The molecule has 0 aliphatic heterocycles. The highest BCUT2D eigenvalue weighted by atomic mass is 35.5. The van der Waals surface area contributed by atoms with E-state index in [1.165, 1.54) is 35.9 Å². The number of benzene rings is 2. The first-order chi connectivity index (χ1) is 14.0. The summed E-state index contributed by atoms with van der Waals surface area (Å²) in [4.78, 5) is 25.1. The fraction of sp³-hybridized carbons (Fsp3) is 0.200. The third-order valence-electron chi connectivity index (χ3n) is 4.56. The van der Waals surface area contributed by atoms with E-state index in [1.54, 1.807) is 6.92 Å². The van der Waals surface area contributed by atoms with Crippen LogP contribution in [-0.2, 0) is 11.2 Å². The molecule has 0 aliphatic rings. The van der Waals surface area contributed by atoms with E-state index in [9.17, 15) is 27.9 Å². The topological polar surface area (TPSA) is 80.6 Å². The summed E-state index contributed by atoms with van der Waals surface area (Å²) in [6.45, 7) is 1.63. The number of phenolic OH excluding ortho intramolecular Hbond substituents is 1. The maximum absolute atomic E-state index is 13.1. The first-order valence-corrected chi connectivity index (χ1v) is 9.03. The molecule has 3 rings (SSSR count). The number of nitrogens with zero attached hydrogens (tertiary/aromatic N) is 1. The van der Waals surface area contributed by atoms with Gasteiger partial charge in [0.1, 0.15) is 11.5 Å². The van der Waals surface area contributed by atoms with E-state index in [0.717, 1.165) is 12.1 Å². The van der Waals surface area contributed by atoms with Crippen molar-refractivity contribution in [3.05, 3.63) is 58.2 Å². The number of phenols is 1. The maximum atomic E-state index is 13.1. The summed E-state index contributed by atoms with van der Waals surface area (Å²) in [7, 11) is 1.47. The van der Waals surface area contributed by atoms with Crippen molar-refractivity contribution in [1.82, 2.24) is 9.88 Å². The number of ether oxygens (including phenoxy) is 1. The lowest BCUT2D eigenvalue weighted by atomic mass is 10.1. The van der Waals surface area contributed by atoms with Gasteiger partial charge >= 0.3 is 6.36 Å². The van der Waals surface area contributed by atoms with Gasteiger partial charge in [0, 0.05) is 23.7 Å². The van der Waals surface area contributed by atoms with Gasteiger partial charge in [-0.05, 0) is 48.9 Å². The number of aromatic hydroxyl groups is 1. The van der Waals surface area contributed by atoms with Crippen molar-refractivity contribution < 1.29 is 32.6 Å². The van der Waals surface area contributed by atoms with Gasteiger partial charge in [0.25, 0.3) is 5.91 Å². The number of carbonyl (C=O) groups is 2. The van der Waals surface area contributed by atoms with Crippen LogP contribution in [0.1, 0.15) is 21.6 Å². The first kappa shape index (κ1) is 21.5. The SMILES string of the molecule is CNC(=O)Cc1c(C)n(C(=O)c2ccc(OC(F)(F)F)cc2)c2cc(Cl)c(O)cc12. The van der Waals surface area contributed by atoms with Crippen molar-refractivity contribution in [1.29, 1.82) is 0 Å². The van der Waals surface area contributed by atoms with Crippen LogP contribution in [0.4, 0.5) is 13.2 Å². The Kier molecular flexibility index (Phi) is 5.67. The van der Waals surface area contributed by atoms with Gasteiger partial charge in [-0.1, -0.05) is 11.6 Å². The zero-order chi connectivity index (χ0) is 22.2. The van der Waals surface area contributed by atoms with Crippen LogP contribution in [0.15, 0.2) is 36.4 Å². The molecule has 3 aromatic rings. The Labute approximate surface area is 173 Å². The molecule has 1 amide bonds. The molecule has 0 saturated heterocycles. The van der Waals surface area contributed by atoms with E-state index >= 15 is 0 Å². The van der Waals surface area contributed by atoms with Crippen LogP contribution >= 0.6 is 11.6 Å². The number of hydrogen-bond acceptors (Lipinski definition) is 4. The standard InChI is InChI=1S/C20H16ClF3N2O4/c1-10-13(8-18(28)25-2)14-7-17(27)15(21)9-16(14)26(10)19(29)11-3-5-12(6-4-11)30-20(22,23)24/h3-7,9,27H,8H2,1-2H3,(H,25,28). The number of hydrogen-bond donors (Lipinski definition) is 2. The summed E-state index contributed by atoms with van der Waals surface area (Å²) < 4.78 is 42.1. The number of rotatable bonds is 4. The predicted molar refractivity (Wildman–Crippen MR) is 104 cm³/mol. The van der Waals surface area contributed by atoms with E-state index in [-0.39, 0.29) is 28.7 Å². The molecule has 0 aliphatic carbocycles. The Morgan fingerprint density at radius 2 is 1.83 bits per heavy atom. The number of carbonyl (C=O) groups excluding carboxylic acids is 2. The molecular weight excluding hydrogens is 425 g/mol. The van der Waals surface area contributed by atoms with Gasteiger partial charge in [-0.25, -0.2) is 0 Å². The molecule has 0 unspecified atom stereocenters. The monoisotopic (exact) mass is 440 g/mol. The van der Waals surface area contributed by atoms with E-state index in [0.29, 0.717) is 22.2 Å². The normalized spacial score (nSPS) is 11.5. The van der Waals surface area contributed by atoms with Crippen molar-refractivity contribution in [2.24, 2.45) is 0 Å². The second-order valence-corrected chi connectivity index (χ2v) is 6.85. The molecule has 30 heavy (non-hydrogen) atoms. The molecule has 10 heteroatoms. The van der Waals surface area contributed by atoms with E-state index < -0.39 is 18.0 Å². The van der Waals surface area contributed by atoms with Crippen LogP contribution in [0.2, 0.25) is 5.02 Å². The molecule has 6 nitrogen and oxygen atoms in total. The molecule has 0 radical (unpaired) electrons. The number of amides is 1. The minimum Gasteiger partial charge on any atom is -0.506 e. The Morgan fingerprint density at radius 3 is 2.40 bits per heavy atom. The Hall–Kier alpha value is -3.20. The molecule has 0 fully saturated rings. The summed E-state index contributed by atoms with van der Waals surface area (Å²) in [6.07, 6.45) is -4.88. The Bertz CT molecular complexity index is 1140. The van der Waals surface area contributed by atoms with Crippen molar-refractivity contribution in [3.8, 4) is 11.5 Å². The molecule has 2 N–H and O–H groups in total. The van der Waals surface area contributed by atoms with E-state index in [4.69, 9.17) is 11.6 Å². The third kappa shape index (κ3) is 4.20. The van der Waals surface area contributed by atoms with Crippen LogP contribution in [0.5, 0.6) is 11.5 Å². The lowest BCUT2D eigenvalue weighted by Crippen LogP contribution is -2.21. The van der Waals surface area contributed by atoms with Gasteiger partial charge in [-0.3, -0.25) is 14.2 Å². The fourth-order valence-corrected chi connectivity index (χ4v) is 3.31. The van der Waals surface area contributed by atoms with Gasteiger partial charge in [-0.2, -0.15) is 0 Å². The lowest BCUT2D eigenvalue weighted by molar-refractivity contribution is -0.274. The van der Waals surface area contributed by atoms with Crippen molar-refractivity contribution in [3.63, 3.8) is 0 Å². The summed E-state index contributed by atoms with van der Waals surface area (Å²) in [5, 5.41) is 12.9. The maximum Gasteiger partial charge on any atom is 0.573 e. The number of halogens is 4. The molecule has 1 aromatic heterocycles. The minimum atomic E-state index is -4.84. The lowest BCUT2D eigenvalue weighted by Gasteiger charge is -2.11. The second-order valence-electron chi connectivity index (χ2n) is 6.45. The average Bonchev–Trinajstić information content (AvgIpc) is 2.92. The van der Waals surface area contributed by atoms with Crippen LogP contribution in [0.3, 0.4) is 0 Å². The van der Waals surface area contributed by atoms with Gasteiger partial charge in [0.05, 0.1) is 17.0 Å². The van der Waals surface area contributed by atoms with Gasteiger partial charge in [0.2, 0.25) is 5.91 Å². The minimum absolute atomic E-state index is 0.00877. The van der Waals surface area contributed by atoms with E-state index in [2.05, 4.69) is 10.1 Å². The highest BCUT2D eigenvalue weighted by Gasteiger charge is 2.31. The third-order valence-corrected chi connectivity index (χ3v) is 4.86. The predicted octanol–water partition coefficient (Wildman–Crippen LogP) is 4.18. The summed E-state index contributed by atoms with van der Waals surface area (Å²) in [5.41, 5.74) is 1.41. The first-order valence-electron chi connectivity index (χ1n) is 8.65. The molecule has 1 heterocycles. The largest absolute Gasteiger partial charge is 0.573 e. The number of aromatic nitrogens is 1. The highest BCUT2D eigenvalue weighted by molar-refractivity contribution is 6.33. The molecular formula is C20H16ClF3N2O4. The molecule has 0 spiro atoms. The van der Waals surface area contributed by atoms with Gasteiger partial charge in [-0.15, -0.1) is 13.2 Å². The summed E-state index contributed by atoms with van der Waals surface area (Å²) >= 11 is 6.01. The summed E-state index contributed by atoms with van der Waals surface area (Å²) in [5.74, 6) is -1.50. The van der Waals surface area contributed by atoms with Crippen molar-refractivity contribution >= 4 is 34.3 Å². The van der Waals surface area contributed by atoms with Crippen LogP contribution in [-0.4, -0.2) is 34.9 Å².